The molecular formula is C23H22ClN5O3. The van der Waals surface area contributed by atoms with E-state index < -0.39 is 5.60 Å². The van der Waals surface area contributed by atoms with Gasteiger partial charge >= 0.3 is 5.97 Å². The molecule has 4 heterocycles. The zero-order valence-corrected chi connectivity index (χ0v) is 18.8. The fourth-order valence-corrected chi connectivity index (χ4v) is 4.19. The molecule has 0 spiro atoms. The lowest BCUT2D eigenvalue weighted by Gasteiger charge is -2.20. The summed E-state index contributed by atoms with van der Waals surface area (Å²) in [4.78, 5) is 24.8. The van der Waals surface area contributed by atoms with Gasteiger partial charge in [0.05, 0.1) is 18.8 Å². The summed E-state index contributed by atoms with van der Waals surface area (Å²) in [5.41, 5.74) is 3.21. The molecule has 1 aliphatic heterocycles. The lowest BCUT2D eigenvalue weighted by atomic mass is 10.0. The van der Waals surface area contributed by atoms with Crippen LogP contribution in [0.5, 0.6) is 0 Å². The summed E-state index contributed by atoms with van der Waals surface area (Å²) in [5.74, 6) is 0.878. The number of ether oxygens (including phenoxy) is 1. The van der Waals surface area contributed by atoms with Gasteiger partial charge < -0.3 is 13.8 Å². The first-order valence-electron chi connectivity index (χ1n) is 10.4. The fraction of sp³-hybridized carbons (Fsp3) is 0.348. The maximum Gasteiger partial charge on any atom is 0.306 e. The minimum Gasteiger partial charge on any atom is -0.460 e. The van der Waals surface area contributed by atoms with Gasteiger partial charge in [-0.3, -0.25) is 4.79 Å². The molecule has 1 unspecified atom stereocenters. The van der Waals surface area contributed by atoms with E-state index in [1.165, 1.54) is 18.1 Å². The Bertz CT molecular complexity index is 1300. The number of carbonyl (C=O) groups excluding carboxylic acids is 1. The van der Waals surface area contributed by atoms with Crippen molar-refractivity contribution in [2.45, 2.75) is 45.8 Å². The Labute approximate surface area is 189 Å². The van der Waals surface area contributed by atoms with Gasteiger partial charge in [0.1, 0.15) is 16.4 Å². The van der Waals surface area contributed by atoms with Crippen molar-refractivity contribution in [3.63, 3.8) is 0 Å². The lowest BCUT2D eigenvalue weighted by Crippen LogP contribution is -2.25. The Morgan fingerprint density at radius 1 is 1.25 bits per heavy atom. The summed E-state index contributed by atoms with van der Waals surface area (Å²) < 4.78 is 13.1. The Balaban J connectivity index is 1.34. The van der Waals surface area contributed by atoms with Gasteiger partial charge in [-0.15, -0.1) is 0 Å². The molecule has 3 aromatic heterocycles. The molecule has 0 saturated heterocycles. The van der Waals surface area contributed by atoms with Crippen molar-refractivity contribution in [2.24, 2.45) is 5.92 Å². The summed E-state index contributed by atoms with van der Waals surface area (Å²) >= 11 is 5.78. The largest absolute Gasteiger partial charge is 0.460 e. The van der Waals surface area contributed by atoms with Crippen LogP contribution in [0.15, 0.2) is 41.2 Å². The second-order valence-electron chi connectivity index (χ2n) is 9.03. The summed E-state index contributed by atoms with van der Waals surface area (Å²) in [5, 5.41) is 5.49. The van der Waals surface area contributed by atoms with Crippen LogP contribution in [0.4, 0.5) is 0 Å². The fourth-order valence-electron chi connectivity index (χ4n) is 4.09. The van der Waals surface area contributed by atoms with E-state index in [1.54, 1.807) is 0 Å². The maximum atomic E-state index is 12.2. The van der Waals surface area contributed by atoms with E-state index in [0.717, 1.165) is 29.4 Å². The molecular weight excluding hydrogens is 430 g/mol. The highest BCUT2D eigenvalue weighted by molar-refractivity contribution is 6.29. The highest BCUT2D eigenvalue weighted by Gasteiger charge is 2.28. The molecule has 1 atom stereocenters. The Hall–Kier alpha value is -3.26. The Kier molecular flexibility index (Phi) is 4.97. The zero-order chi connectivity index (χ0) is 22.5. The van der Waals surface area contributed by atoms with Gasteiger partial charge in [-0.05, 0) is 57.4 Å². The first-order chi connectivity index (χ1) is 15.2. The van der Waals surface area contributed by atoms with E-state index in [0.29, 0.717) is 23.1 Å². The average Bonchev–Trinajstić information content (AvgIpc) is 3.41. The van der Waals surface area contributed by atoms with Crippen LogP contribution in [-0.4, -0.2) is 36.2 Å². The molecule has 1 aliphatic rings. The highest BCUT2D eigenvalue weighted by atomic mass is 35.5. The number of hydrogen-bond acceptors (Lipinski definition) is 7. The minimum absolute atomic E-state index is 0.141. The molecule has 0 fully saturated rings. The standard InChI is InChI=1S/C23H22ClN5O3/c1-23(2,3)31-20(30)7-13-6-16-9-15-8-14(4-5-18(15)29(16)12-13)21-27-22(32-28-21)17-10-26-19(24)11-25-17/h4-5,8-11,13H,6-7,12H2,1-3H3. The molecule has 1 aromatic carbocycles. The number of aromatic nitrogens is 5. The molecule has 0 radical (unpaired) electrons. The summed E-state index contributed by atoms with van der Waals surface area (Å²) in [7, 11) is 0. The van der Waals surface area contributed by atoms with Gasteiger partial charge in [0.2, 0.25) is 5.82 Å². The molecule has 0 amide bonds. The summed E-state index contributed by atoms with van der Waals surface area (Å²) in [6, 6.07) is 8.24. The summed E-state index contributed by atoms with van der Waals surface area (Å²) in [6.07, 6.45) is 4.21. The molecule has 4 aromatic rings. The van der Waals surface area contributed by atoms with E-state index in [-0.39, 0.29) is 17.8 Å². The number of esters is 1. The smallest absolute Gasteiger partial charge is 0.306 e. The van der Waals surface area contributed by atoms with Gasteiger partial charge in [-0.1, -0.05) is 16.8 Å². The maximum absolute atomic E-state index is 12.2. The zero-order valence-electron chi connectivity index (χ0n) is 18.0. The van der Waals surface area contributed by atoms with E-state index in [9.17, 15) is 4.79 Å². The first-order valence-corrected chi connectivity index (χ1v) is 10.8. The molecule has 164 valence electrons. The molecule has 9 heteroatoms. The first kappa shape index (κ1) is 20.6. The number of halogens is 1. The molecule has 32 heavy (non-hydrogen) atoms. The monoisotopic (exact) mass is 451 g/mol. The molecule has 8 nitrogen and oxygen atoms in total. The highest BCUT2D eigenvalue weighted by Crippen LogP contribution is 2.33. The SMILES string of the molecule is CC(C)(C)OC(=O)CC1Cc2cc3cc(-c4noc(-c5cnc(Cl)cn5)n4)ccc3n2C1. The number of hydrogen-bond donors (Lipinski definition) is 0. The number of carbonyl (C=O) groups is 1. The van der Waals surface area contributed by atoms with Crippen LogP contribution >= 0.6 is 11.6 Å². The van der Waals surface area contributed by atoms with Gasteiger partial charge in [0.25, 0.3) is 5.89 Å². The third-order valence-corrected chi connectivity index (χ3v) is 5.52. The number of benzene rings is 1. The van der Waals surface area contributed by atoms with Crippen molar-refractivity contribution < 1.29 is 14.1 Å². The molecule has 0 saturated carbocycles. The van der Waals surface area contributed by atoms with Crippen LogP contribution in [0, 0.1) is 5.92 Å². The normalized spacial score (nSPS) is 15.8. The van der Waals surface area contributed by atoms with Crippen LogP contribution in [0.2, 0.25) is 5.15 Å². The average molecular weight is 452 g/mol. The summed E-state index contributed by atoms with van der Waals surface area (Å²) in [6.45, 7) is 6.48. The van der Waals surface area contributed by atoms with Crippen LogP contribution in [-0.2, 0) is 22.5 Å². The Morgan fingerprint density at radius 3 is 2.84 bits per heavy atom. The number of rotatable bonds is 4. The van der Waals surface area contributed by atoms with Crippen LogP contribution < -0.4 is 0 Å². The lowest BCUT2D eigenvalue weighted by molar-refractivity contribution is -0.155. The van der Waals surface area contributed by atoms with Crippen molar-refractivity contribution in [3.8, 4) is 23.0 Å². The minimum atomic E-state index is -0.455. The van der Waals surface area contributed by atoms with Gasteiger partial charge in [0.15, 0.2) is 0 Å². The van der Waals surface area contributed by atoms with Crippen LogP contribution in [0.3, 0.4) is 0 Å². The second-order valence-corrected chi connectivity index (χ2v) is 9.42. The molecule has 5 rings (SSSR count). The van der Waals surface area contributed by atoms with E-state index >= 15 is 0 Å². The quantitative estimate of drug-likeness (QED) is 0.414. The Morgan fingerprint density at radius 2 is 2.09 bits per heavy atom. The van der Waals surface area contributed by atoms with E-state index in [1.807, 2.05) is 32.9 Å². The predicted octanol–water partition coefficient (Wildman–Crippen LogP) is 4.71. The molecule has 0 N–H and O–H groups in total. The predicted molar refractivity (Wildman–Crippen MR) is 119 cm³/mol. The van der Waals surface area contributed by atoms with Crippen molar-refractivity contribution in [2.75, 3.05) is 0 Å². The molecule has 0 bridgehead atoms. The van der Waals surface area contributed by atoms with Crippen molar-refractivity contribution in [3.05, 3.63) is 47.5 Å². The van der Waals surface area contributed by atoms with Crippen LogP contribution in [0.25, 0.3) is 33.9 Å². The van der Waals surface area contributed by atoms with E-state index in [2.05, 4.69) is 36.8 Å². The van der Waals surface area contributed by atoms with Gasteiger partial charge in [-0.2, -0.15) is 4.98 Å². The third-order valence-electron chi connectivity index (χ3n) is 5.32. The van der Waals surface area contributed by atoms with Crippen LogP contribution in [0.1, 0.15) is 32.9 Å². The molecule has 0 aliphatic carbocycles. The topological polar surface area (TPSA) is 95.9 Å². The van der Waals surface area contributed by atoms with E-state index in [4.69, 9.17) is 20.9 Å². The van der Waals surface area contributed by atoms with Crippen molar-refractivity contribution >= 4 is 28.5 Å². The van der Waals surface area contributed by atoms with Crippen molar-refractivity contribution in [1.29, 1.82) is 0 Å². The second kappa shape index (κ2) is 7.70. The number of nitrogens with zero attached hydrogens (tertiary/aromatic N) is 5. The van der Waals surface area contributed by atoms with Gasteiger partial charge in [-0.25, -0.2) is 9.97 Å². The van der Waals surface area contributed by atoms with Gasteiger partial charge in [0, 0.05) is 28.7 Å². The third kappa shape index (κ3) is 4.10. The van der Waals surface area contributed by atoms with Crippen molar-refractivity contribution in [1.82, 2.24) is 24.7 Å². The number of fused-ring (bicyclic) bond motifs is 3.